The molecule has 1 fully saturated rings. The molecule has 0 bridgehead atoms. The number of anilines is 1. The minimum atomic E-state index is -0.921. The molecule has 142 valence electrons. The van der Waals surface area contributed by atoms with Crippen molar-refractivity contribution < 1.29 is 19.4 Å². The molecule has 1 aliphatic rings. The minimum absolute atomic E-state index is 0.0465. The van der Waals surface area contributed by atoms with E-state index in [1.807, 2.05) is 30.3 Å². The Kier molecular flexibility index (Phi) is 6.40. The highest BCUT2D eigenvalue weighted by Crippen LogP contribution is 2.17. The molecular weight excluding hydrogens is 346 g/mol. The van der Waals surface area contributed by atoms with E-state index < -0.39 is 12.0 Å². The van der Waals surface area contributed by atoms with Crippen molar-refractivity contribution in [2.24, 2.45) is 0 Å². The smallest absolute Gasteiger partial charge is 0.322 e. The quantitative estimate of drug-likeness (QED) is 0.686. The van der Waals surface area contributed by atoms with Gasteiger partial charge >= 0.3 is 5.97 Å². The van der Waals surface area contributed by atoms with Gasteiger partial charge in [-0.1, -0.05) is 30.3 Å². The van der Waals surface area contributed by atoms with Crippen LogP contribution in [-0.4, -0.2) is 54.1 Å². The number of amides is 1. The van der Waals surface area contributed by atoms with Crippen LogP contribution in [0.4, 0.5) is 5.69 Å². The van der Waals surface area contributed by atoms with E-state index >= 15 is 0 Å². The van der Waals surface area contributed by atoms with Gasteiger partial charge < -0.3 is 20.5 Å². The summed E-state index contributed by atoms with van der Waals surface area (Å²) in [6.07, 6.45) is 0. The molecule has 0 saturated carbocycles. The Morgan fingerprint density at radius 1 is 1.15 bits per heavy atom. The van der Waals surface area contributed by atoms with Gasteiger partial charge in [-0.3, -0.25) is 14.5 Å². The molecule has 0 radical (unpaired) electrons. The van der Waals surface area contributed by atoms with Gasteiger partial charge in [-0.15, -0.1) is 0 Å². The van der Waals surface area contributed by atoms with Crippen LogP contribution in [0.15, 0.2) is 54.6 Å². The molecule has 3 N–H and O–H groups in total. The number of hydrogen-bond acceptors (Lipinski definition) is 5. The molecule has 1 atom stereocenters. The molecule has 1 unspecified atom stereocenters. The summed E-state index contributed by atoms with van der Waals surface area (Å²) in [6, 6.07) is 16.3. The summed E-state index contributed by atoms with van der Waals surface area (Å²) in [4.78, 5) is 25.2. The lowest BCUT2D eigenvalue weighted by molar-refractivity contribution is -0.144. The molecule has 0 aromatic heterocycles. The average Bonchev–Trinajstić information content (AvgIpc) is 2.68. The van der Waals surface area contributed by atoms with Crippen LogP contribution in [-0.2, 0) is 16.2 Å². The summed E-state index contributed by atoms with van der Waals surface area (Å²) < 4.78 is 5.72. The summed E-state index contributed by atoms with van der Waals surface area (Å²) in [5, 5.41) is 15.1. The van der Waals surface area contributed by atoms with Gasteiger partial charge in [0.1, 0.15) is 18.4 Å². The number of rotatable bonds is 7. The third-order valence-corrected chi connectivity index (χ3v) is 4.37. The molecule has 0 spiro atoms. The van der Waals surface area contributed by atoms with E-state index in [9.17, 15) is 14.7 Å². The van der Waals surface area contributed by atoms with E-state index in [1.54, 1.807) is 29.2 Å². The normalized spacial score (nSPS) is 17.3. The largest absolute Gasteiger partial charge is 0.489 e. The van der Waals surface area contributed by atoms with Gasteiger partial charge in [0, 0.05) is 25.3 Å². The third kappa shape index (κ3) is 5.54. The lowest BCUT2D eigenvalue weighted by Gasteiger charge is -2.32. The van der Waals surface area contributed by atoms with Crippen molar-refractivity contribution in [3.05, 3.63) is 60.2 Å². The predicted octanol–water partition coefficient (Wildman–Crippen LogP) is 1.56. The van der Waals surface area contributed by atoms with Crippen molar-refractivity contribution in [3.63, 3.8) is 0 Å². The Bertz CT molecular complexity index is 765. The number of ether oxygens (including phenoxy) is 1. The van der Waals surface area contributed by atoms with Gasteiger partial charge in [-0.25, -0.2) is 0 Å². The second-order valence-corrected chi connectivity index (χ2v) is 6.38. The maximum Gasteiger partial charge on any atom is 0.322 e. The van der Waals surface area contributed by atoms with Crippen LogP contribution in [0.3, 0.4) is 0 Å². The zero-order chi connectivity index (χ0) is 19.1. The first-order valence-electron chi connectivity index (χ1n) is 8.86. The van der Waals surface area contributed by atoms with Crippen molar-refractivity contribution in [2.75, 3.05) is 31.5 Å². The van der Waals surface area contributed by atoms with E-state index in [4.69, 9.17) is 4.74 Å². The summed E-state index contributed by atoms with van der Waals surface area (Å²) >= 11 is 0. The lowest BCUT2D eigenvalue weighted by atomic mass is 10.2. The number of piperazine rings is 1. The summed E-state index contributed by atoms with van der Waals surface area (Å²) in [5.74, 6) is -0.444. The molecule has 1 heterocycles. The van der Waals surface area contributed by atoms with Crippen molar-refractivity contribution in [3.8, 4) is 5.75 Å². The van der Waals surface area contributed by atoms with Crippen LogP contribution in [0.2, 0.25) is 0 Å². The van der Waals surface area contributed by atoms with E-state index in [2.05, 4.69) is 10.6 Å². The second-order valence-electron chi connectivity index (χ2n) is 6.38. The van der Waals surface area contributed by atoms with Crippen LogP contribution in [0.1, 0.15) is 5.56 Å². The van der Waals surface area contributed by atoms with Crippen LogP contribution in [0, 0.1) is 0 Å². The maximum absolute atomic E-state index is 12.2. The fraction of sp³-hybridized carbons (Fsp3) is 0.300. The number of carboxylic acid groups (broad SMARTS) is 1. The van der Waals surface area contributed by atoms with Crippen LogP contribution in [0.25, 0.3) is 0 Å². The van der Waals surface area contributed by atoms with E-state index in [1.165, 1.54) is 0 Å². The summed E-state index contributed by atoms with van der Waals surface area (Å²) in [5.41, 5.74) is 1.73. The zero-order valence-electron chi connectivity index (χ0n) is 14.9. The first-order valence-corrected chi connectivity index (χ1v) is 8.86. The molecule has 3 rings (SSSR count). The van der Waals surface area contributed by atoms with Crippen LogP contribution in [0.5, 0.6) is 5.75 Å². The Morgan fingerprint density at radius 2 is 1.89 bits per heavy atom. The molecular formula is C20H23N3O4. The SMILES string of the molecule is O=C(CN1CCNCC1C(=O)O)Nc1ccc(OCc2ccccc2)cc1. The Hall–Kier alpha value is -2.90. The van der Waals surface area contributed by atoms with Crippen molar-refractivity contribution in [2.45, 2.75) is 12.6 Å². The number of benzene rings is 2. The topological polar surface area (TPSA) is 90.9 Å². The molecule has 7 nitrogen and oxygen atoms in total. The van der Waals surface area contributed by atoms with Gasteiger partial charge in [0.25, 0.3) is 0 Å². The van der Waals surface area contributed by atoms with Crippen LogP contribution >= 0.6 is 0 Å². The molecule has 1 aliphatic heterocycles. The first kappa shape index (κ1) is 18.9. The minimum Gasteiger partial charge on any atom is -0.489 e. The number of carbonyl (C=O) groups is 2. The monoisotopic (exact) mass is 369 g/mol. The van der Waals surface area contributed by atoms with E-state index in [0.717, 1.165) is 5.56 Å². The highest BCUT2D eigenvalue weighted by molar-refractivity contribution is 5.92. The number of hydrogen-bond donors (Lipinski definition) is 3. The highest BCUT2D eigenvalue weighted by atomic mass is 16.5. The standard InChI is InChI=1S/C20H23N3O4/c24-19(13-23-11-10-21-12-18(23)20(25)26)22-16-6-8-17(9-7-16)27-14-15-4-2-1-3-5-15/h1-9,18,21H,10-14H2,(H,22,24)(H,25,26). The van der Waals surface area contributed by atoms with Crippen molar-refractivity contribution in [1.29, 1.82) is 0 Å². The first-order chi connectivity index (χ1) is 13.1. The number of carboxylic acids is 1. The van der Waals surface area contributed by atoms with Gasteiger partial charge in [0.2, 0.25) is 5.91 Å². The molecule has 2 aromatic carbocycles. The van der Waals surface area contributed by atoms with Gasteiger partial charge in [-0.05, 0) is 29.8 Å². The number of carbonyl (C=O) groups excluding carboxylic acids is 1. The Balaban J connectivity index is 1.50. The predicted molar refractivity (Wildman–Crippen MR) is 102 cm³/mol. The van der Waals surface area contributed by atoms with Gasteiger partial charge in [0.05, 0.1) is 6.54 Å². The summed E-state index contributed by atoms with van der Waals surface area (Å²) in [6.45, 7) is 2.06. The third-order valence-electron chi connectivity index (χ3n) is 4.37. The maximum atomic E-state index is 12.2. The zero-order valence-corrected chi connectivity index (χ0v) is 14.9. The van der Waals surface area contributed by atoms with Crippen LogP contribution < -0.4 is 15.4 Å². The molecule has 1 amide bonds. The molecule has 2 aromatic rings. The van der Waals surface area contributed by atoms with Crippen molar-refractivity contribution >= 4 is 17.6 Å². The Morgan fingerprint density at radius 3 is 2.59 bits per heavy atom. The van der Waals surface area contributed by atoms with Crippen molar-refractivity contribution in [1.82, 2.24) is 10.2 Å². The highest BCUT2D eigenvalue weighted by Gasteiger charge is 2.29. The van der Waals surface area contributed by atoms with Gasteiger partial charge in [0.15, 0.2) is 0 Å². The fourth-order valence-electron chi connectivity index (χ4n) is 2.94. The van der Waals surface area contributed by atoms with E-state index in [0.29, 0.717) is 37.7 Å². The fourth-order valence-corrected chi connectivity index (χ4v) is 2.94. The number of nitrogens with one attached hydrogen (secondary N) is 2. The lowest BCUT2D eigenvalue weighted by Crippen LogP contribution is -2.56. The number of aliphatic carboxylic acids is 1. The molecule has 0 aliphatic carbocycles. The summed E-state index contributed by atoms with van der Waals surface area (Å²) in [7, 11) is 0. The Labute approximate surface area is 157 Å². The molecule has 27 heavy (non-hydrogen) atoms. The second kappa shape index (κ2) is 9.16. The number of nitrogens with zero attached hydrogens (tertiary/aromatic N) is 1. The van der Waals surface area contributed by atoms with Gasteiger partial charge in [-0.2, -0.15) is 0 Å². The molecule has 7 heteroatoms. The molecule has 1 saturated heterocycles. The average molecular weight is 369 g/mol. The van der Waals surface area contributed by atoms with E-state index in [-0.39, 0.29) is 12.5 Å².